The maximum Gasteiger partial charge on any atom is 0.419 e. The standard InChI is InChI=1S/C18H19NO2.C2H6/c1-12-9-10-14-13-7-5-6-8-15(13)19(16(14)11-12)17(20)21-18(2,3)4;1-2/h5-11H,1-4H3;1-2H3. The Balaban J connectivity index is 0.000000924. The van der Waals surface area contributed by atoms with Crippen LogP contribution in [0.25, 0.3) is 21.8 Å². The fourth-order valence-electron chi connectivity index (χ4n) is 2.58. The van der Waals surface area contributed by atoms with E-state index in [2.05, 4.69) is 12.1 Å². The van der Waals surface area contributed by atoms with Crippen LogP contribution in [-0.2, 0) is 4.74 Å². The number of ether oxygens (including phenoxy) is 1. The van der Waals surface area contributed by atoms with Crippen LogP contribution in [0.5, 0.6) is 0 Å². The molecule has 0 bridgehead atoms. The van der Waals surface area contributed by atoms with Crippen molar-refractivity contribution in [2.45, 2.75) is 47.1 Å². The van der Waals surface area contributed by atoms with Gasteiger partial charge in [0.25, 0.3) is 0 Å². The smallest absolute Gasteiger partial charge is 0.419 e. The maximum absolute atomic E-state index is 12.6. The molecule has 3 nitrogen and oxygen atoms in total. The van der Waals surface area contributed by atoms with E-state index in [4.69, 9.17) is 4.74 Å². The first kappa shape index (κ1) is 17.1. The predicted molar refractivity (Wildman–Crippen MR) is 97.2 cm³/mol. The van der Waals surface area contributed by atoms with E-state index >= 15 is 0 Å². The van der Waals surface area contributed by atoms with Crippen LogP contribution in [0, 0.1) is 6.92 Å². The van der Waals surface area contributed by atoms with Gasteiger partial charge in [-0.1, -0.05) is 44.2 Å². The summed E-state index contributed by atoms with van der Waals surface area (Å²) in [6, 6.07) is 14.1. The molecule has 0 aliphatic heterocycles. The molecule has 2 aromatic carbocycles. The minimum atomic E-state index is -0.515. The number of hydrogen-bond acceptors (Lipinski definition) is 2. The van der Waals surface area contributed by atoms with Crippen LogP contribution >= 0.6 is 0 Å². The van der Waals surface area contributed by atoms with Crippen molar-refractivity contribution in [3.8, 4) is 0 Å². The quantitative estimate of drug-likeness (QED) is 0.516. The minimum Gasteiger partial charge on any atom is -0.443 e. The number of carbonyl (C=O) groups excluding carboxylic acids is 1. The average molecular weight is 311 g/mol. The third kappa shape index (κ3) is 3.39. The molecule has 0 N–H and O–H groups in total. The number of aryl methyl sites for hydroxylation is 1. The summed E-state index contributed by atoms with van der Waals surface area (Å²) in [5.41, 5.74) is 2.38. The fraction of sp³-hybridized carbons (Fsp3) is 0.350. The summed E-state index contributed by atoms with van der Waals surface area (Å²) in [5, 5.41) is 2.14. The molecule has 0 aliphatic carbocycles. The van der Waals surface area contributed by atoms with Gasteiger partial charge in [0, 0.05) is 10.8 Å². The molecule has 0 aliphatic rings. The molecule has 122 valence electrons. The van der Waals surface area contributed by atoms with Gasteiger partial charge in [0.2, 0.25) is 0 Å². The van der Waals surface area contributed by atoms with Crippen LogP contribution in [0.2, 0.25) is 0 Å². The van der Waals surface area contributed by atoms with Crippen molar-refractivity contribution < 1.29 is 9.53 Å². The molecule has 1 aromatic heterocycles. The average Bonchev–Trinajstić information content (AvgIpc) is 2.81. The van der Waals surface area contributed by atoms with Crippen LogP contribution in [0.4, 0.5) is 4.79 Å². The molecule has 1 heterocycles. The van der Waals surface area contributed by atoms with Gasteiger partial charge < -0.3 is 4.74 Å². The number of para-hydroxylation sites is 1. The van der Waals surface area contributed by atoms with Gasteiger partial charge in [0.15, 0.2) is 0 Å². The molecule has 0 spiro atoms. The van der Waals surface area contributed by atoms with E-state index in [1.165, 1.54) is 0 Å². The minimum absolute atomic E-state index is 0.334. The van der Waals surface area contributed by atoms with E-state index in [0.717, 1.165) is 27.4 Å². The van der Waals surface area contributed by atoms with E-state index in [-0.39, 0.29) is 6.09 Å². The van der Waals surface area contributed by atoms with Gasteiger partial charge >= 0.3 is 6.09 Å². The number of hydrogen-bond donors (Lipinski definition) is 0. The second-order valence-electron chi connectivity index (χ2n) is 6.35. The largest absolute Gasteiger partial charge is 0.443 e. The molecule has 0 unspecified atom stereocenters. The van der Waals surface area contributed by atoms with Crippen molar-refractivity contribution in [1.29, 1.82) is 0 Å². The highest BCUT2D eigenvalue weighted by Gasteiger charge is 2.22. The van der Waals surface area contributed by atoms with Crippen molar-refractivity contribution in [3.63, 3.8) is 0 Å². The van der Waals surface area contributed by atoms with E-state index < -0.39 is 5.60 Å². The van der Waals surface area contributed by atoms with Crippen molar-refractivity contribution in [1.82, 2.24) is 4.57 Å². The first-order valence-corrected chi connectivity index (χ1v) is 8.10. The van der Waals surface area contributed by atoms with Gasteiger partial charge in [-0.15, -0.1) is 0 Å². The molecule has 0 saturated heterocycles. The van der Waals surface area contributed by atoms with Crippen LogP contribution in [0.15, 0.2) is 42.5 Å². The molecular formula is C20H25NO2. The number of benzene rings is 2. The molecule has 0 amide bonds. The highest BCUT2D eigenvalue weighted by molar-refractivity contribution is 6.12. The number of rotatable bonds is 0. The summed E-state index contributed by atoms with van der Waals surface area (Å²) in [6.07, 6.45) is -0.334. The zero-order chi connectivity index (χ0) is 17.2. The molecule has 0 saturated carbocycles. The van der Waals surface area contributed by atoms with E-state index in [1.807, 2.05) is 71.9 Å². The van der Waals surface area contributed by atoms with Gasteiger partial charge in [-0.2, -0.15) is 0 Å². The molecule has 3 aromatic rings. The first-order chi connectivity index (χ1) is 10.9. The lowest BCUT2D eigenvalue weighted by Gasteiger charge is -2.20. The Bertz CT molecular complexity index is 838. The van der Waals surface area contributed by atoms with E-state index in [0.29, 0.717) is 0 Å². The van der Waals surface area contributed by atoms with Gasteiger partial charge in [-0.3, -0.25) is 0 Å². The summed E-state index contributed by atoms with van der Waals surface area (Å²) in [6.45, 7) is 11.7. The Morgan fingerprint density at radius 2 is 1.57 bits per heavy atom. The lowest BCUT2D eigenvalue weighted by atomic mass is 10.1. The van der Waals surface area contributed by atoms with Gasteiger partial charge in [0.1, 0.15) is 5.60 Å². The Morgan fingerprint density at radius 3 is 2.22 bits per heavy atom. The predicted octanol–water partition coefficient (Wildman–Crippen LogP) is 5.91. The SMILES string of the molecule is CC.Cc1ccc2c3ccccc3n(C(=O)OC(C)(C)C)c2c1. The maximum atomic E-state index is 12.6. The third-order valence-corrected chi connectivity index (χ3v) is 3.41. The zero-order valence-corrected chi connectivity index (χ0v) is 14.8. The van der Waals surface area contributed by atoms with Crippen LogP contribution < -0.4 is 0 Å². The number of carbonyl (C=O) groups is 1. The van der Waals surface area contributed by atoms with Gasteiger partial charge in [0.05, 0.1) is 11.0 Å². The molecule has 3 heteroatoms. The van der Waals surface area contributed by atoms with Crippen molar-refractivity contribution >= 4 is 27.9 Å². The normalized spacial score (nSPS) is 11.2. The van der Waals surface area contributed by atoms with Crippen LogP contribution in [-0.4, -0.2) is 16.3 Å². The Kier molecular flexibility index (Phi) is 4.79. The van der Waals surface area contributed by atoms with Crippen molar-refractivity contribution in [2.24, 2.45) is 0 Å². The monoisotopic (exact) mass is 311 g/mol. The van der Waals surface area contributed by atoms with Gasteiger partial charge in [-0.05, 0) is 45.4 Å². The van der Waals surface area contributed by atoms with Crippen LogP contribution in [0.3, 0.4) is 0 Å². The molecule has 0 radical (unpaired) electrons. The number of nitrogens with zero attached hydrogens (tertiary/aromatic N) is 1. The van der Waals surface area contributed by atoms with Crippen molar-refractivity contribution in [3.05, 3.63) is 48.0 Å². The summed E-state index contributed by atoms with van der Waals surface area (Å²) in [4.78, 5) is 12.6. The topological polar surface area (TPSA) is 31.2 Å². The Hall–Kier alpha value is -2.29. The number of fused-ring (bicyclic) bond motifs is 3. The van der Waals surface area contributed by atoms with E-state index in [1.54, 1.807) is 4.57 Å². The third-order valence-electron chi connectivity index (χ3n) is 3.41. The fourth-order valence-corrected chi connectivity index (χ4v) is 2.58. The Morgan fingerprint density at radius 1 is 0.957 bits per heavy atom. The second-order valence-corrected chi connectivity index (χ2v) is 6.35. The Labute approximate surface area is 137 Å². The number of aromatic nitrogens is 1. The summed E-state index contributed by atoms with van der Waals surface area (Å²) in [5.74, 6) is 0. The molecular weight excluding hydrogens is 286 g/mol. The molecule has 0 fully saturated rings. The molecule has 0 atom stereocenters. The summed E-state index contributed by atoms with van der Waals surface area (Å²) < 4.78 is 7.23. The lowest BCUT2D eigenvalue weighted by Crippen LogP contribution is -2.27. The molecule has 23 heavy (non-hydrogen) atoms. The van der Waals surface area contributed by atoms with Crippen LogP contribution in [0.1, 0.15) is 40.2 Å². The lowest BCUT2D eigenvalue weighted by molar-refractivity contribution is 0.0551. The van der Waals surface area contributed by atoms with Crippen molar-refractivity contribution in [2.75, 3.05) is 0 Å². The highest BCUT2D eigenvalue weighted by atomic mass is 16.6. The first-order valence-electron chi connectivity index (χ1n) is 8.10. The summed E-state index contributed by atoms with van der Waals surface area (Å²) >= 11 is 0. The zero-order valence-electron chi connectivity index (χ0n) is 14.8. The molecule has 3 rings (SSSR count). The second kappa shape index (κ2) is 6.45. The van der Waals surface area contributed by atoms with E-state index in [9.17, 15) is 4.79 Å². The highest BCUT2D eigenvalue weighted by Crippen LogP contribution is 2.30. The van der Waals surface area contributed by atoms with Gasteiger partial charge in [-0.25, -0.2) is 9.36 Å². The summed E-state index contributed by atoms with van der Waals surface area (Å²) in [7, 11) is 0.